The zero-order valence-corrected chi connectivity index (χ0v) is 18.1. The first-order valence-electron chi connectivity index (χ1n) is 11.9. The van der Waals surface area contributed by atoms with E-state index in [-0.39, 0.29) is 17.8 Å². The molecule has 1 aliphatic carbocycles. The number of Topliss-reactive ketones (excluding diaryl/α,β-unsaturated/α-hetero) is 1. The van der Waals surface area contributed by atoms with Gasteiger partial charge in [0.2, 0.25) is 0 Å². The maximum absolute atomic E-state index is 12.6. The van der Waals surface area contributed by atoms with E-state index < -0.39 is 0 Å². The molecule has 2 radical (unpaired) electrons. The van der Waals surface area contributed by atoms with Gasteiger partial charge in [0.05, 0.1) is 12.2 Å². The minimum Gasteiger partial charge on any atom is -0.360 e. The Bertz CT molecular complexity index is 483. The molecule has 2 heterocycles. The number of carbonyl (C=O) groups excluding carboxylic acids is 1. The minimum atomic E-state index is 0.162. The Hall–Kier alpha value is -0.880. The molecule has 2 saturated heterocycles. The van der Waals surface area contributed by atoms with Crippen LogP contribution in [0.1, 0.15) is 110 Å². The third-order valence-corrected chi connectivity index (χ3v) is 6.80. The number of fused-ring (bicyclic) bond motifs is 3. The van der Waals surface area contributed by atoms with E-state index >= 15 is 0 Å². The predicted molar refractivity (Wildman–Crippen MR) is 114 cm³/mol. The molecule has 3 nitrogen and oxygen atoms in total. The summed E-state index contributed by atoms with van der Waals surface area (Å²) in [5, 5.41) is 9.38. The second-order valence-corrected chi connectivity index (χ2v) is 8.96. The molecule has 3 fully saturated rings. The SMILES string of the molecule is [CH2]CCCCCCCCC(C#N)CCCCC(=O)[C]1OC2CCC1CC2CC. The Kier molecular flexibility index (Phi) is 11.2. The smallest absolute Gasteiger partial charge is 0.168 e. The zero-order chi connectivity index (χ0) is 20.2. The summed E-state index contributed by atoms with van der Waals surface area (Å²) >= 11 is 0. The predicted octanol–water partition coefficient (Wildman–Crippen LogP) is 6.97. The van der Waals surface area contributed by atoms with Gasteiger partial charge in [-0.15, -0.1) is 0 Å². The number of ether oxygens (including phenoxy) is 1. The quantitative estimate of drug-likeness (QED) is 0.285. The van der Waals surface area contributed by atoms with Crippen molar-refractivity contribution in [2.75, 3.05) is 0 Å². The maximum atomic E-state index is 12.6. The van der Waals surface area contributed by atoms with Gasteiger partial charge in [-0.2, -0.15) is 5.26 Å². The van der Waals surface area contributed by atoms with Crippen LogP contribution in [0.5, 0.6) is 0 Å². The van der Waals surface area contributed by atoms with Crippen LogP contribution in [-0.4, -0.2) is 11.9 Å². The number of nitriles is 1. The fourth-order valence-electron chi connectivity index (χ4n) is 4.96. The summed E-state index contributed by atoms with van der Waals surface area (Å²) in [5.41, 5.74) is 0. The molecule has 1 saturated carbocycles. The molecule has 2 bridgehead atoms. The molecule has 3 heteroatoms. The van der Waals surface area contributed by atoms with Gasteiger partial charge < -0.3 is 4.74 Å². The number of hydrogen-bond donors (Lipinski definition) is 0. The van der Waals surface area contributed by atoms with Gasteiger partial charge in [-0.3, -0.25) is 4.79 Å². The highest BCUT2D eigenvalue weighted by Gasteiger charge is 2.45. The van der Waals surface area contributed by atoms with E-state index in [1.54, 1.807) is 0 Å². The van der Waals surface area contributed by atoms with Crippen LogP contribution in [0.3, 0.4) is 0 Å². The molecule has 0 aromatic rings. The van der Waals surface area contributed by atoms with Crippen LogP contribution < -0.4 is 0 Å². The summed E-state index contributed by atoms with van der Waals surface area (Å²) in [6.07, 6.45) is 18.6. The van der Waals surface area contributed by atoms with Crippen molar-refractivity contribution in [1.29, 1.82) is 5.26 Å². The lowest BCUT2D eigenvalue weighted by Gasteiger charge is -2.45. The van der Waals surface area contributed by atoms with Crippen molar-refractivity contribution in [2.45, 2.75) is 116 Å². The highest BCUT2D eigenvalue weighted by molar-refractivity contribution is 5.90. The van der Waals surface area contributed by atoms with Gasteiger partial charge in [0.15, 0.2) is 11.9 Å². The van der Waals surface area contributed by atoms with Gasteiger partial charge in [-0.1, -0.05) is 71.6 Å². The lowest BCUT2D eigenvalue weighted by molar-refractivity contribution is -0.142. The molecule has 0 amide bonds. The summed E-state index contributed by atoms with van der Waals surface area (Å²) in [4.78, 5) is 12.6. The molecule has 158 valence electrons. The van der Waals surface area contributed by atoms with Crippen LogP contribution in [0.15, 0.2) is 0 Å². The Morgan fingerprint density at radius 1 is 1.11 bits per heavy atom. The van der Waals surface area contributed by atoms with Gasteiger partial charge in [0.1, 0.15) is 0 Å². The van der Waals surface area contributed by atoms with E-state index in [0.29, 0.717) is 18.3 Å². The largest absolute Gasteiger partial charge is 0.360 e. The topological polar surface area (TPSA) is 50.1 Å². The van der Waals surface area contributed by atoms with Crippen molar-refractivity contribution < 1.29 is 9.53 Å². The van der Waals surface area contributed by atoms with Crippen molar-refractivity contribution in [3.05, 3.63) is 13.0 Å². The minimum absolute atomic E-state index is 0.162. The second kappa shape index (κ2) is 13.4. The Morgan fingerprint density at radius 2 is 1.79 bits per heavy atom. The first-order valence-corrected chi connectivity index (χ1v) is 11.9. The average Bonchev–Trinajstić information content (AvgIpc) is 2.74. The van der Waals surface area contributed by atoms with Gasteiger partial charge in [-0.05, 0) is 50.4 Å². The summed E-state index contributed by atoms with van der Waals surface area (Å²) in [6.45, 7) is 6.11. The molecule has 2 aliphatic heterocycles. The van der Waals surface area contributed by atoms with Gasteiger partial charge in [0, 0.05) is 12.3 Å². The summed E-state index contributed by atoms with van der Waals surface area (Å²) in [6, 6.07) is 2.47. The third-order valence-electron chi connectivity index (χ3n) is 6.80. The van der Waals surface area contributed by atoms with E-state index in [4.69, 9.17) is 4.74 Å². The average molecular weight is 388 g/mol. The monoisotopic (exact) mass is 387 g/mol. The number of nitrogens with zero attached hydrogens (tertiary/aromatic N) is 1. The normalized spacial score (nSPS) is 25.5. The molecule has 0 spiro atoms. The second-order valence-electron chi connectivity index (χ2n) is 8.96. The Morgan fingerprint density at radius 3 is 2.39 bits per heavy atom. The lowest BCUT2D eigenvalue weighted by atomic mass is 9.71. The molecule has 0 aromatic heterocycles. The molecule has 4 atom stereocenters. The third kappa shape index (κ3) is 7.51. The van der Waals surface area contributed by atoms with E-state index in [0.717, 1.165) is 70.3 Å². The van der Waals surface area contributed by atoms with Gasteiger partial charge in [-0.25, -0.2) is 0 Å². The summed E-state index contributed by atoms with van der Waals surface area (Å²) in [5.74, 6) is 1.42. The van der Waals surface area contributed by atoms with Gasteiger partial charge >= 0.3 is 0 Å². The first-order chi connectivity index (χ1) is 13.7. The van der Waals surface area contributed by atoms with Gasteiger partial charge in [0.25, 0.3) is 0 Å². The van der Waals surface area contributed by atoms with Crippen molar-refractivity contribution in [3.63, 3.8) is 0 Å². The van der Waals surface area contributed by atoms with Crippen molar-refractivity contribution in [3.8, 4) is 6.07 Å². The molecular weight excluding hydrogens is 346 g/mol. The van der Waals surface area contributed by atoms with E-state index in [2.05, 4.69) is 19.9 Å². The van der Waals surface area contributed by atoms with E-state index in [1.807, 2.05) is 0 Å². The first kappa shape index (κ1) is 23.4. The van der Waals surface area contributed by atoms with Crippen LogP contribution in [0.2, 0.25) is 0 Å². The fourth-order valence-corrected chi connectivity index (χ4v) is 4.96. The number of hydrogen-bond acceptors (Lipinski definition) is 3. The van der Waals surface area contributed by atoms with Crippen LogP contribution in [0, 0.1) is 42.1 Å². The molecule has 0 N–H and O–H groups in total. The highest BCUT2D eigenvalue weighted by Crippen LogP contribution is 2.46. The summed E-state index contributed by atoms with van der Waals surface area (Å²) < 4.78 is 6.06. The number of ketones is 1. The zero-order valence-electron chi connectivity index (χ0n) is 18.1. The standard InChI is InChI=1S/C25H41NO2/c1-3-5-6-7-8-9-10-13-20(19-26)14-11-12-15-23(27)25-22-16-17-24(28-25)21(4-2)18-22/h20-22,24H,1,3-18H2,2H3. The Labute approximate surface area is 173 Å². The molecule has 4 unspecified atom stereocenters. The fraction of sp³-hybridized carbons (Fsp3) is 0.840. The van der Waals surface area contributed by atoms with Crippen molar-refractivity contribution >= 4 is 5.78 Å². The summed E-state index contributed by atoms with van der Waals surface area (Å²) in [7, 11) is 0. The Balaban J connectivity index is 1.54. The maximum Gasteiger partial charge on any atom is 0.168 e. The van der Waals surface area contributed by atoms with Crippen LogP contribution in [-0.2, 0) is 9.53 Å². The van der Waals surface area contributed by atoms with Crippen LogP contribution >= 0.6 is 0 Å². The van der Waals surface area contributed by atoms with Crippen LogP contribution in [0.4, 0.5) is 0 Å². The number of rotatable bonds is 15. The number of unbranched alkanes of at least 4 members (excludes halogenated alkanes) is 7. The van der Waals surface area contributed by atoms with Crippen LogP contribution in [0.25, 0.3) is 0 Å². The lowest BCUT2D eigenvalue weighted by Crippen LogP contribution is -2.44. The van der Waals surface area contributed by atoms with Crippen molar-refractivity contribution in [2.24, 2.45) is 17.8 Å². The molecule has 3 aliphatic rings. The van der Waals surface area contributed by atoms with E-state index in [1.165, 1.54) is 32.1 Å². The molecule has 28 heavy (non-hydrogen) atoms. The van der Waals surface area contributed by atoms with Crippen molar-refractivity contribution in [1.82, 2.24) is 0 Å². The molecule has 0 aromatic carbocycles. The number of carbonyl (C=O) groups is 1. The molecular formula is C25H41NO2. The van der Waals surface area contributed by atoms with E-state index in [9.17, 15) is 10.1 Å². The molecule has 3 rings (SSSR count). The highest BCUT2D eigenvalue weighted by atomic mass is 16.5.